The van der Waals surface area contributed by atoms with Gasteiger partial charge in [-0.15, -0.1) is 0 Å². The highest BCUT2D eigenvalue weighted by molar-refractivity contribution is 7.99. The molecule has 2 atom stereocenters. The molecule has 16 heavy (non-hydrogen) atoms. The number of carboxylic acid groups (broad SMARTS) is 1. The maximum atomic E-state index is 11.0. The van der Waals surface area contributed by atoms with E-state index in [1.807, 2.05) is 6.92 Å². The van der Waals surface area contributed by atoms with Crippen molar-refractivity contribution in [3.63, 3.8) is 0 Å². The Bertz CT molecular complexity index is 407. The van der Waals surface area contributed by atoms with E-state index in [0.29, 0.717) is 18.1 Å². The van der Waals surface area contributed by atoms with Gasteiger partial charge in [-0.25, -0.2) is 4.98 Å². The zero-order valence-corrected chi connectivity index (χ0v) is 9.79. The van der Waals surface area contributed by atoms with E-state index in [2.05, 4.69) is 4.98 Å². The summed E-state index contributed by atoms with van der Waals surface area (Å²) in [6.45, 7) is 1.85. The molecule has 0 spiro atoms. The molecular weight excluding hydrogens is 228 g/mol. The first-order valence-electron chi connectivity index (χ1n) is 5.11. The van der Waals surface area contributed by atoms with Gasteiger partial charge >= 0.3 is 5.97 Å². The van der Waals surface area contributed by atoms with Gasteiger partial charge in [0.1, 0.15) is 11.8 Å². The van der Waals surface area contributed by atoms with Crippen LogP contribution < -0.4 is 5.73 Å². The van der Waals surface area contributed by atoms with E-state index in [1.54, 1.807) is 6.26 Å². The second kappa shape index (κ2) is 4.10. The summed E-state index contributed by atoms with van der Waals surface area (Å²) >= 11 is 1.47. The quantitative estimate of drug-likeness (QED) is 0.833. The lowest BCUT2D eigenvalue weighted by molar-refractivity contribution is -0.143. The number of aryl methyl sites for hydroxylation is 1. The van der Waals surface area contributed by atoms with Gasteiger partial charge in [-0.1, -0.05) is 11.8 Å². The molecule has 3 N–H and O–H groups in total. The minimum Gasteiger partial charge on any atom is -0.480 e. The molecule has 88 valence electrons. The average molecular weight is 242 g/mol. The summed E-state index contributed by atoms with van der Waals surface area (Å²) in [7, 11) is 0. The van der Waals surface area contributed by atoms with Crippen LogP contribution in [0.1, 0.15) is 25.0 Å². The van der Waals surface area contributed by atoms with Crippen LogP contribution in [-0.4, -0.2) is 26.8 Å². The van der Waals surface area contributed by atoms with Crippen molar-refractivity contribution in [3.8, 4) is 0 Å². The molecule has 6 heteroatoms. The third kappa shape index (κ3) is 2.22. The van der Waals surface area contributed by atoms with Crippen molar-refractivity contribution >= 4 is 17.7 Å². The zero-order chi connectivity index (χ0) is 11.8. The molecule has 1 fully saturated rings. The Morgan fingerprint density at radius 3 is 3.06 bits per heavy atom. The molecule has 1 aliphatic rings. The smallest absolute Gasteiger partial charge is 0.323 e. The monoisotopic (exact) mass is 242 g/mol. The molecule has 2 rings (SSSR count). The number of aromatic nitrogens is 1. The van der Waals surface area contributed by atoms with Crippen LogP contribution in [-0.2, 0) is 4.79 Å². The van der Waals surface area contributed by atoms with Crippen molar-refractivity contribution in [2.45, 2.75) is 42.2 Å². The predicted octanol–water partition coefficient (Wildman–Crippen LogP) is 1.41. The number of nitrogens with two attached hydrogens (primary N) is 1. The zero-order valence-electron chi connectivity index (χ0n) is 8.97. The summed E-state index contributed by atoms with van der Waals surface area (Å²) in [5.41, 5.74) is 5.55. The molecule has 1 aromatic rings. The summed E-state index contributed by atoms with van der Waals surface area (Å²) in [5.74, 6) is -0.917. The molecular formula is C10H14N2O3S. The van der Waals surface area contributed by atoms with Gasteiger partial charge in [-0.3, -0.25) is 4.79 Å². The van der Waals surface area contributed by atoms with Crippen molar-refractivity contribution in [2.24, 2.45) is 5.73 Å². The van der Waals surface area contributed by atoms with Crippen LogP contribution >= 0.6 is 11.8 Å². The van der Waals surface area contributed by atoms with Crippen molar-refractivity contribution in [1.29, 1.82) is 0 Å². The highest BCUT2D eigenvalue weighted by Gasteiger charge is 2.42. The molecule has 0 aliphatic heterocycles. The third-order valence-corrected chi connectivity index (χ3v) is 3.92. The van der Waals surface area contributed by atoms with Gasteiger partial charge in [0.05, 0.1) is 5.69 Å². The van der Waals surface area contributed by atoms with Crippen molar-refractivity contribution in [2.75, 3.05) is 0 Å². The number of carboxylic acids is 1. The van der Waals surface area contributed by atoms with Crippen LogP contribution in [0.5, 0.6) is 0 Å². The van der Waals surface area contributed by atoms with E-state index in [9.17, 15) is 4.79 Å². The van der Waals surface area contributed by atoms with E-state index in [4.69, 9.17) is 15.3 Å². The van der Waals surface area contributed by atoms with Crippen LogP contribution in [0, 0.1) is 6.92 Å². The first kappa shape index (κ1) is 11.5. The molecule has 0 aromatic carbocycles. The molecule has 0 saturated heterocycles. The fourth-order valence-corrected chi connectivity index (χ4v) is 3.05. The molecule has 1 aliphatic carbocycles. The average Bonchev–Trinajstić information content (AvgIpc) is 2.75. The van der Waals surface area contributed by atoms with E-state index in [1.165, 1.54) is 11.8 Å². The van der Waals surface area contributed by atoms with Crippen molar-refractivity contribution in [3.05, 3.63) is 12.0 Å². The highest BCUT2D eigenvalue weighted by Crippen LogP contribution is 2.38. The van der Waals surface area contributed by atoms with Gasteiger partial charge in [0.2, 0.25) is 0 Å². The maximum absolute atomic E-state index is 11.0. The molecule has 0 radical (unpaired) electrons. The Labute approximate surface area is 97.4 Å². The van der Waals surface area contributed by atoms with Crippen LogP contribution in [0.3, 0.4) is 0 Å². The van der Waals surface area contributed by atoms with Gasteiger partial charge in [-0.05, 0) is 26.2 Å². The largest absolute Gasteiger partial charge is 0.480 e. The van der Waals surface area contributed by atoms with Crippen LogP contribution in [0.2, 0.25) is 0 Å². The molecule has 1 aromatic heterocycles. The van der Waals surface area contributed by atoms with Gasteiger partial charge in [-0.2, -0.15) is 0 Å². The number of aliphatic carboxylic acids is 1. The van der Waals surface area contributed by atoms with Crippen LogP contribution in [0.4, 0.5) is 0 Å². The summed E-state index contributed by atoms with van der Waals surface area (Å²) in [4.78, 5) is 15.1. The van der Waals surface area contributed by atoms with E-state index in [-0.39, 0.29) is 5.25 Å². The maximum Gasteiger partial charge on any atom is 0.323 e. The lowest BCUT2D eigenvalue weighted by Crippen LogP contribution is -2.45. The minimum absolute atomic E-state index is 0.180. The Morgan fingerprint density at radius 2 is 2.56 bits per heavy atom. The summed E-state index contributed by atoms with van der Waals surface area (Å²) in [5, 5.41) is 9.76. The molecule has 1 saturated carbocycles. The second-order valence-electron chi connectivity index (χ2n) is 4.20. The van der Waals surface area contributed by atoms with Gasteiger partial charge in [0.25, 0.3) is 5.22 Å². The van der Waals surface area contributed by atoms with Crippen molar-refractivity contribution in [1.82, 2.24) is 4.98 Å². The summed E-state index contributed by atoms with van der Waals surface area (Å²) in [6.07, 6.45) is 3.35. The van der Waals surface area contributed by atoms with E-state index in [0.717, 1.165) is 12.1 Å². The Morgan fingerprint density at radius 1 is 1.81 bits per heavy atom. The molecule has 0 bridgehead atoms. The minimum atomic E-state index is -1.07. The number of nitrogens with zero attached hydrogens (tertiary/aromatic N) is 1. The van der Waals surface area contributed by atoms with Gasteiger partial charge in [0, 0.05) is 5.25 Å². The SMILES string of the molecule is Cc1coc(SC2CCC(N)(C(=O)O)C2)n1. The third-order valence-electron chi connectivity index (χ3n) is 2.80. The van der Waals surface area contributed by atoms with Crippen molar-refractivity contribution < 1.29 is 14.3 Å². The summed E-state index contributed by atoms with van der Waals surface area (Å²) < 4.78 is 5.22. The Balaban J connectivity index is 1.97. The first-order chi connectivity index (χ1) is 7.49. The first-order valence-corrected chi connectivity index (χ1v) is 5.99. The second-order valence-corrected chi connectivity index (χ2v) is 5.45. The normalized spacial score (nSPS) is 29.5. The lowest BCUT2D eigenvalue weighted by atomic mass is 10.0. The summed E-state index contributed by atoms with van der Waals surface area (Å²) in [6, 6.07) is 0. The molecule has 0 amide bonds. The molecule has 1 heterocycles. The number of carbonyl (C=O) groups is 1. The van der Waals surface area contributed by atoms with Crippen LogP contribution in [0.15, 0.2) is 15.9 Å². The standard InChI is InChI=1S/C10H14N2O3S/c1-6-5-15-9(12-6)16-7-2-3-10(11,4-7)8(13)14/h5,7H,2-4,11H2,1H3,(H,13,14). The highest BCUT2D eigenvalue weighted by atomic mass is 32.2. The number of hydrogen-bond acceptors (Lipinski definition) is 5. The van der Waals surface area contributed by atoms with E-state index < -0.39 is 11.5 Å². The molecule has 2 unspecified atom stereocenters. The van der Waals surface area contributed by atoms with Gasteiger partial charge in [0.15, 0.2) is 0 Å². The van der Waals surface area contributed by atoms with Gasteiger partial charge < -0.3 is 15.3 Å². The number of oxazole rings is 1. The fraction of sp³-hybridized carbons (Fsp3) is 0.600. The predicted molar refractivity (Wildman–Crippen MR) is 59.3 cm³/mol. The number of rotatable bonds is 3. The number of thioether (sulfide) groups is 1. The number of hydrogen-bond donors (Lipinski definition) is 2. The Hall–Kier alpha value is -1.01. The van der Waals surface area contributed by atoms with Crippen LogP contribution in [0.25, 0.3) is 0 Å². The lowest BCUT2D eigenvalue weighted by Gasteiger charge is -2.17. The Kier molecular flexibility index (Phi) is 2.94. The van der Waals surface area contributed by atoms with E-state index >= 15 is 0 Å². The molecule has 5 nitrogen and oxygen atoms in total. The fourth-order valence-electron chi connectivity index (χ4n) is 1.85. The topological polar surface area (TPSA) is 89.3 Å².